The molecule has 1 aromatic heterocycles. The molecule has 2 amide bonds. The fourth-order valence-corrected chi connectivity index (χ4v) is 2.91. The highest BCUT2D eigenvalue weighted by Gasteiger charge is 2.14. The molecule has 0 aliphatic heterocycles. The number of esters is 1. The molecule has 0 aliphatic rings. The number of carbonyl (C=O) groups is 3. The molecule has 0 spiro atoms. The summed E-state index contributed by atoms with van der Waals surface area (Å²) in [5.41, 5.74) is 3.08. The van der Waals surface area contributed by atoms with Crippen molar-refractivity contribution in [3.63, 3.8) is 0 Å². The normalized spacial score (nSPS) is 10.5. The summed E-state index contributed by atoms with van der Waals surface area (Å²) in [5.74, 6) is -1.89. The molecule has 0 aliphatic carbocycles. The maximum atomic E-state index is 11.9. The number of carbonyl (C=O) groups excluding carboxylic acids is 3. The lowest BCUT2D eigenvalue weighted by atomic mass is 10.2. The van der Waals surface area contributed by atoms with E-state index in [1.807, 2.05) is 0 Å². The van der Waals surface area contributed by atoms with Crippen molar-refractivity contribution in [3.8, 4) is 5.75 Å². The first-order valence-corrected chi connectivity index (χ1v) is 9.53. The summed E-state index contributed by atoms with van der Waals surface area (Å²) < 4.78 is 5.25. The van der Waals surface area contributed by atoms with Crippen LogP contribution in [-0.4, -0.2) is 24.0 Å². The second-order valence-electron chi connectivity index (χ2n) is 5.57. The molecule has 0 atom stereocenters. The van der Waals surface area contributed by atoms with E-state index in [1.165, 1.54) is 17.6 Å². The Morgan fingerprint density at radius 1 is 0.966 bits per heavy atom. The van der Waals surface area contributed by atoms with E-state index < -0.39 is 17.8 Å². The SMILES string of the molecule is O=C(N/N=C/c1ccc(OC(=O)c2cccs2)cc1)C(=O)Nc1ccccc1Cl. The Bertz CT molecular complexity index is 1050. The molecule has 3 rings (SSSR count). The Morgan fingerprint density at radius 2 is 1.72 bits per heavy atom. The van der Waals surface area contributed by atoms with Crippen LogP contribution in [0.4, 0.5) is 5.69 Å². The second-order valence-corrected chi connectivity index (χ2v) is 6.92. The maximum absolute atomic E-state index is 11.9. The van der Waals surface area contributed by atoms with Crippen LogP contribution in [0.15, 0.2) is 71.1 Å². The van der Waals surface area contributed by atoms with Crippen LogP contribution in [0.1, 0.15) is 15.2 Å². The van der Waals surface area contributed by atoms with Gasteiger partial charge in [-0.15, -0.1) is 11.3 Å². The quantitative estimate of drug-likeness (QED) is 0.213. The van der Waals surface area contributed by atoms with Crippen molar-refractivity contribution < 1.29 is 19.1 Å². The summed E-state index contributed by atoms with van der Waals surface area (Å²) in [6.07, 6.45) is 1.35. The van der Waals surface area contributed by atoms with Crippen LogP contribution in [0.25, 0.3) is 0 Å². The molecule has 146 valence electrons. The lowest BCUT2D eigenvalue weighted by Gasteiger charge is -2.05. The molecule has 0 radical (unpaired) electrons. The minimum Gasteiger partial charge on any atom is -0.422 e. The highest BCUT2D eigenvalue weighted by Crippen LogP contribution is 2.20. The molecule has 9 heteroatoms. The van der Waals surface area contributed by atoms with Crippen LogP contribution in [0.2, 0.25) is 5.02 Å². The third-order valence-corrected chi connectivity index (χ3v) is 4.70. The van der Waals surface area contributed by atoms with Gasteiger partial charge in [0.15, 0.2) is 0 Å². The van der Waals surface area contributed by atoms with Crippen LogP contribution >= 0.6 is 22.9 Å². The molecule has 1 heterocycles. The molecule has 29 heavy (non-hydrogen) atoms. The number of nitrogens with one attached hydrogen (secondary N) is 2. The third kappa shape index (κ3) is 5.74. The predicted molar refractivity (Wildman–Crippen MR) is 112 cm³/mol. The van der Waals surface area contributed by atoms with Crippen molar-refractivity contribution in [1.82, 2.24) is 5.43 Å². The van der Waals surface area contributed by atoms with Crippen molar-refractivity contribution in [2.24, 2.45) is 5.10 Å². The van der Waals surface area contributed by atoms with Crippen LogP contribution in [0, 0.1) is 0 Å². The molecule has 2 aromatic carbocycles. The average Bonchev–Trinajstić information content (AvgIpc) is 3.26. The largest absolute Gasteiger partial charge is 0.422 e. The predicted octanol–water partition coefficient (Wildman–Crippen LogP) is 3.71. The van der Waals surface area contributed by atoms with E-state index in [4.69, 9.17) is 16.3 Å². The number of benzene rings is 2. The summed E-state index contributed by atoms with van der Waals surface area (Å²) in [6, 6.07) is 16.5. The standard InChI is InChI=1S/C20H14ClN3O4S/c21-15-4-1-2-5-16(15)23-18(25)19(26)24-22-12-13-7-9-14(10-8-13)28-20(27)17-6-3-11-29-17/h1-12H,(H,23,25)(H,24,26)/b22-12+. The monoisotopic (exact) mass is 427 g/mol. The number of ether oxygens (including phenoxy) is 1. The molecular weight excluding hydrogens is 414 g/mol. The Morgan fingerprint density at radius 3 is 2.41 bits per heavy atom. The van der Waals surface area contributed by atoms with Gasteiger partial charge >= 0.3 is 17.8 Å². The molecule has 3 aromatic rings. The zero-order valence-electron chi connectivity index (χ0n) is 14.8. The van der Waals surface area contributed by atoms with Crippen LogP contribution in [0.3, 0.4) is 0 Å². The molecule has 0 bridgehead atoms. The van der Waals surface area contributed by atoms with Gasteiger partial charge in [0.1, 0.15) is 10.6 Å². The number of rotatable bonds is 5. The molecular formula is C20H14ClN3O4S. The van der Waals surface area contributed by atoms with Crippen molar-refractivity contribution in [1.29, 1.82) is 0 Å². The lowest BCUT2D eigenvalue weighted by Crippen LogP contribution is -2.32. The van der Waals surface area contributed by atoms with Crippen molar-refractivity contribution in [2.75, 3.05) is 5.32 Å². The zero-order chi connectivity index (χ0) is 20.6. The number of amides is 2. The topological polar surface area (TPSA) is 96.9 Å². The first-order valence-electron chi connectivity index (χ1n) is 8.27. The van der Waals surface area contributed by atoms with Crippen LogP contribution < -0.4 is 15.5 Å². The number of anilines is 1. The van der Waals surface area contributed by atoms with Crippen LogP contribution in [0.5, 0.6) is 5.75 Å². The van der Waals surface area contributed by atoms with Crippen molar-refractivity contribution in [2.45, 2.75) is 0 Å². The number of thiophene rings is 1. The average molecular weight is 428 g/mol. The zero-order valence-corrected chi connectivity index (χ0v) is 16.4. The van der Waals surface area contributed by atoms with E-state index in [0.29, 0.717) is 26.9 Å². The van der Waals surface area contributed by atoms with Gasteiger partial charge in [0.05, 0.1) is 16.9 Å². The Kier molecular flexibility index (Phi) is 6.72. The first kappa shape index (κ1) is 20.2. The number of hydrogen-bond donors (Lipinski definition) is 2. The van der Waals surface area contributed by atoms with Gasteiger partial charge in [0, 0.05) is 0 Å². The second kappa shape index (κ2) is 9.63. The van der Waals surface area contributed by atoms with Gasteiger partial charge in [-0.2, -0.15) is 5.10 Å². The molecule has 7 nitrogen and oxygen atoms in total. The fraction of sp³-hybridized carbons (Fsp3) is 0. The Balaban J connectivity index is 1.50. The van der Waals surface area contributed by atoms with Crippen molar-refractivity contribution in [3.05, 3.63) is 81.5 Å². The van der Waals surface area contributed by atoms with E-state index >= 15 is 0 Å². The van der Waals surface area contributed by atoms with Gasteiger partial charge in [0.25, 0.3) is 0 Å². The number of hydrogen-bond acceptors (Lipinski definition) is 6. The van der Waals surface area contributed by atoms with Gasteiger partial charge < -0.3 is 10.1 Å². The highest BCUT2D eigenvalue weighted by molar-refractivity contribution is 7.12. The molecule has 0 fully saturated rings. The van der Waals surface area contributed by atoms with Gasteiger partial charge in [0.2, 0.25) is 0 Å². The van der Waals surface area contributed by atoms with Crippen molar-refractivity contribution >= 4 is 52.6 Å². The summed E-state index contributed by atoms with van der Waals surface area (Å²) >= 11 is 7.22. The van der Waals surface area contributed by atoms with E-state index in [9.17, 15) is 14.4 Å². The summed E-state index contributed by atoms with van der Waals surface area (Å²) in [6.45, 7) is 0. The minimum absolute atomic E-state index is 0.317. The van der Waals surface area contributed by atoms with Gasteiger partial charge in [-0.25, -0.2) is 10.2 Å². The molecule has 0 saturated carbocycles. The van der Waals surface area contributed by atoms with Gasteiger partial charge in [-0.1, -0.05) is 29.8 Å². The van der Waals surface area contributed by atoms with E-state index in [1.54, 1.807) is 66.0 Å². The van der Waals surface area contributed by atoms with Gasteiger partial charge in [-0.05, 0) is 53.4 Å². The lowest BCUT2D eigenvalue weighted by molar-refractivity contribution is -0.136. The third-order valence-electron chi connectivity index (χ3n) is 3.52. The molecule has 0 unspecified atom stereocenters. The first-order chi connectivity index (χ1) is 14.0. The number of para-hydroxylation sites is 1. The number of nitrogens with zero attached hydrogens (tertiary/aromatic N) is 1. The van der Waals surface area contributed by atoms with E-state index in [0.717, 1.165) is 0 Å². The number of halogens is 1. The van der Waals surface area contributed by atoms with E-state index in [-0.39, 0.29) is 0 Å². The summed E-state index contributed by atoms with van der Waals surface area (Å²) in [7, 11) is 0. The summed E-state index contributed by atoms with van der Waals surface area (Å²) in [4.78, 5) is 36.0. The summed E-state index contributed by atoms with van der Waals surface area (Å²) in [5, 5.41) is 8.23. The Labute approximate surface area is 175 Å². The van der Waals surface area contributed by atoms with E-state index in [2.05, 4.69) is 15.8 Å². The number of hydrazone groups is 1. The highest BCUT2D eigenvalue weighted by atomic mass is 35.5. The minimum atomic E-state index is -0.942. The Hall–Kier alpha value is -3.49. The molecule has 0 saturated heterocycles. The maximum Gasteiger partial charge on any atom is 0.353 e. The van der Waals surface area contributed by atoms with Gasteiger partial charge in [-0.3, -0.25) is 9.59 Å². The van der Waals surface area contributed by atoms with Crippen LogP contribution in [-0.2, 0) is 9.59 Å². The fourth-order valence-electron chi connectivity index (χ4n) is 2.13. The smallest absolute Gasteiger partial charge is 0.353 e. The molecule has 2 N–H and O–H groups in total.